The maximum absolute atomic E-state index is 13.2. The maximum Gasteiger partial charge on any atom is 0.345 e. The molecule has 0 radical (unpaired) electrons. The molecule has 0 bridgehead atoms. The SMILES string of the molecule is CN=C(NCCCn1nc2n(c1=O)CCCC2)NCCc1cccc(F)c1. The average Bonchev–Trinajstić information content (AvgIpc) is 3.00. The number of halogens is 1. The lowest BCUT2D eigenvalue weighted by Gasteiger charge is -2.11. The number of aryl methyl sites for hydroxylation is 2. The van der Waals surface area contributed by atoms with E-state index in [2.05, 4.69) is 20.7 Å². The summed E-state index contributed by atoms with van der Waals surface area (Å²) < 4.78 is 16.5. The van der Waals surface area contributed by atoms with E-state index in [0.29, 0.717) is 32.0 Å². The zero-order chi connectivity index (χ0) is 19.1. The normalized spacial score (nSPS) is 14.1. The van der Waals surface area contributed by atoms with Crippen LogP contribution in [0.15, 0.2) is 34.1 Å². The number of nitrogens with one attached hydrogen (secondary N) is 2. The molecule has 7 nitrogen and oxygen atoms in total. The fraction of sp³-hybridized carbons (Fsp3) is 0.526. The molecule has 2 heterocycles. The van der Waals surface area contributed by atoms with Crippen LogP contribution in [0.1, 0.15) is 30.7 Å². The number of rotatable bonds is 7. The summed E-state index contributed by atoms with van der Waals surface area (Å²) in [4.78, 5) is 16.5. The quantitative estimate of drug-likeness (QED) is 0.435. The van der Waals surface area contributed by atoms with Gasteiger partial charge in [-0.05, 0) is 43.4 Å². The van der Waals surface area contributed by atoms with Gasteiger partial charge >= 0.3 is 5.69 Å². The first-order valence-electron chi connectivity index (χ1n) is 9.53. The minimum atomic E-state index is -0.216. The molecule has 1 aliphatic rings. The Hall–Kier alpha value is -2.64. The van der Waals surface area contributed by atoms with Crippen molar-refractivity contribution in [3.05, 3.63) is 52.0 Å². The molecule has 0 saturated heterocycles. The van der Waals surface area contributed by atoms with Gasteiger partial charge in [0.1, 0.15) is 11.6 Å². The number of aromatic nitrogens is 3. The van der Waals surface area contributed by atoms with Gasteiger partial charge in [-0.1, -0.05) is 12.1 Å². The van der Waals surface area contributed by atoms with E-state index in [9.17, 15) is 9.18 Å². The van der Waals surface area contributed by atoms with Crippen LogP contribution in [0.3, 0.4) is 0 Å². The summed E-state index contributed by atoms with van der Waals surface area (Å²) in [7, 11) is 1.71. The number of hydrogen-bond donors (Lipinski definition) is 2. The Kier molecular flexibility index (Phi) is 6.62. The van der Waals surface area contributed by atoms with E-state index in [1.165, 1.54) is 6.07 Å². The summed E-state index contributed by atoms with van der Waals surface area (Å²) in [5.74, 6) is 1.39. The number of hydrogen-bond acceptors (Lipinski definition) is 3. The summed E-state index contributed by atoms with van der Waals surface area (Å²) in [6.45, 7) is 2.73. The van der Waals surface area contributed by atoms with Crippen LogP contribution in [0.2, 0.25) is 0 Å². The lowest BCUT2D eigenvalue weighted by molar-refractivity contribution is 0.509. The van der Waals surface area contributed by atoms with Crippen LogP contribution in [0.4, 0.5) is 4.39 Å². The van der Waals surface area contributed by atoms with Crippen molar-refractivity contribution in [2.45, 2.75) is 45.2 Å². The molecule has 1 aromatic carbocycles. The van der Waals surface area contributed by atoms with E-state index in [0.717, 1.165) is 43.6 Å². The van der Waals surface area contributed by atoms with Crippen molar-refractivity contribution >= 4 is 5.96 Å². The smallest absolute Gasteiger partial charge is 0.345 e. The van der Waals surface area contributed by atoms with Crippen LogP contribution in [0.25, 0.3) is 0 Å². The Bertz CT molecular complexity index is 841. The molecule has 2 N–H and O–H groups in total. The molecule has 1 aromatic heterocycles. The van der Waals surface area contributed by atoms with Crippen LogP contribution in [-0.4, -0.2) is 40.4 Å². The third-order valence-electron chi connectivity index (χ3n) is 4.69. The van der Waals surface area contributed by atoms with Gasteiger partial charge in [0, 0.05) is 39.6 Å². The summed E-state index contributed by atoms with van der Waals surface area (Å²) in [6, 6.07) is 6.61. The Balaban J connectivity index is 1.39. The van der Waals surface area contributed by atoms with E-state index in [-0.39, 0.29) is 11.5 Å². The van der Waals surface area contributed by atoms with Crippen molar-refractivity contribution in [1.82, 2.24) is 25.0 Å². The highest BCUT2D eigenvalue weighted by Gasteiger charge is 2.16. The van der Waals surface area contributed by atoms with Gasteiger partial charge in [0.05, 0.1) is 0 Å². The molecule has 1 aliphatic heterocycles. The molecule has 3 rings (SSSR count). The van der Waals surface area contributed by atoms with Crippen molar-refractivity contribution in [3.8, 4) is 0 Å². The Morgan fingerprint density at radius 2 is 2.15 bits per heavy atom. The summed E-state index contributed by atoms with van der Waals surface area (Å²) in [5.41, 5.74) is 0.948. The molecule has 0 amide bonds. The third-order valence-corrected chi connectivity index (χ3v) is 4.69. The number of nitrogens with zero attached hydrogens (tertiary/aromatic N) is 4. The summed E-state index contributed by atoms with van der Waals surface area (Å²) >= 11 is 0. The predicted octanol–water partition coefficient (Wildman–Crippen LogP) is 1.32. The lowest BCUT2D eigenvalue weighted by Crippen LogP contribution is -2.39. The minimum Gasteiger partial charge on any atom is -0.356 e. The monoisotopic (exact) mass is 374 g/mol. The number of aliphatic imine (C=N–C) groups is 1. The first-order valence-corrected chi connectivity index (χ1v) is 9.53. The van der Waals surface area contributed by atoms with Crippen LogP contribution in [-0.2, 0) is 25.9 Å². The first-order chi connectivity index (χ1) is 13.2. The van der Waals surface area contributed by atoms with Crippen molar-refractivity contribution < 1.29 is 4.39 Å². The van der Waals surface area contributed by atoms with Crippen molar-refractivity contribution in [2.75, 3.05) is 20.1 Å². The molecule has 0 aliphatic carbocycles. The molecule has 0 unspecified atom stereocenters. The van der Waals surface area contributed by atoms with Gasteiger partial charge in [-0.15, -0.1) is 0 Å². The lowest BCUT2D eigenvalue weighted by atomic mass is 10.1. The molecule has 146 valence electrons. The topological polar surface area (TPSA) is 76.2 Å². The van der Waals surface area contributed by atoms with Crippen molar-refractivity contribution in [1.29, 1.82) is 0 Å². The second-order valence-electron chi connectivity index (χ2n) is 6.69. The fourth-order valence-electron chi connectivity index (χ4n) is 3.27. The van der Waals surface area contributed by atoms with Gasteiger partial charge in [-0.3, -0.25) is 9.56 Å². The number of guanidine groups is 1. The average molecular weight is 374 g/mol. The molecule has 0 atom stereocenters. The van der Waals surface area contributed by atoms with E-state index in [1.807, 2.05) is 6.07 Å². The molecule has 8 heteroatoms. The molecule has 0 spiro atoms. The summed E-state index contributed by atoms with van der Waals surface area (Å²) in [6.07, 6.45) is 4.55. The molecule has 0 fully saturated rings. The Labute approximate surface area is 158 Å². The van der Waals surface area contributed by atoms with Gasteiger partial charge in [0.15, 0.2) is 5.96 Å². The van der Waals surface area contributed by atoms with Gasteiger partial charge in [0.2, 0.25) is 0 Å². The van der Waals surface area contributed by atoms with Crippen LogP contribution in [0.5, 0.6) is 0 Å². The second kappa shape index (κ2) is 9.34. The van der Waals surface area contributed by atoms with E-state index < -0.39 is 0 Å². The number of fused-ring (bicyclic) bond motifs is 1. The van der Waals surface area contributed by atoms with Crippen LogP contribution >= 0.6 is 0 Å². The van der Waals surface area contributed by atoms with Crippen LogP contribution in [0, 0.1) is 5.82 Å². The van der Waals surface area contributed by atoms with E-state index in [1.54, 1.807) is 28.4 Å². The maximum atomic E-state index is 13.2. The van der Waals surface area contributed by atoms with E-state index in [4.69, 9.17) is 0 Å². The van der Waals surface area contributed by atoms with Crippen molar-refractivity contribution in [3.63, 3.8) is 0 Å². The zero-order valence-electron chi connectivity index (χ0n) is 15.7. The largest absolute Gasteiger partial charge is 0.356 e. The molecular weight excluding hydrogens is 347 g/mol. The van der Waals surface area contributed by atoms with Crippen molar-refractivity contribution in [2.24, 2.45) is 4.99 Å². The third kappa shape index (κ3) is 5.18. The number of benzene rings is 1. The summed E-state index contributed by atoms with van der Waals surface area (Å²) in [5, 5.41) is 10.9. The van der Waals surface area contributed by atoms with Gasteiger partial charge < -0.3 is 10.6 Å². The minimum absolute atomic E-state index is 0.00213. The standard InChI is InChI=1S/C19H27FN6O/c1-21-18(23-11-9-15-6-4-7-16(20)14-15)22-10-5-13-26-19(27)25-12-3-2-8-17(25)24-26/h4,6-7,14H,2-3,5,8-13H2,1H3,(H2,21,22,23). The van der Waals surface area contributed by atoms with E-state index >= 15 is 0 Å². The highest BCUT2D eigenvalue weighted by atomic mass is 19.1. The zero-order valence-corrected chi connectivity index (χ0v) is 15.7. The Morgan fingerprint density at radius 1 is 1.30 bits per heavy atom. The van der Waals surface area contributed by atoms with Gasteiger partial charge in [0.25, 0.3) is 0 Å². The fourth-order valence-corrected chi connectivity index (χ4v) is 3.27. The highest BCUT2D eigenvalue weighted by Crippen LogP contribution is 2.09. The Morgan fingerprint density at radius 3 is 2.93 bits per heavy atom. The van der Waals surface area contributed by atoms with Crippen LogP contribution < -0.4 is 16.3 Å². The first kappa shape index (κ1) is 19.1. The van der Waals surface area contributed by atoms with Gasteiger partial charge in [-0.2, -0.15) is 5.10 Å². The molecule has 2 aromatic rings. The highest BCUT2D eigenvalue weighted by molar-refractivity contribution is 5.79. The molecular formula is C19H27FN6O. The molecule has 0 saturated carbocycles. The predicted molar refractivity (Wildman–Crippen MR) is 104 cm³/mol. The second-order valence-corrected chi connectivity index (χ2v) is 6.69. The van der Waals surface area contributed by atoms with Gasteiger partial charge in [-0.25, -0.2) is 13.9 Å². The molecule has 27 heavy (non-hydrogen) atoms.